The first-order chi connectivity index (χ1) is 11.0. The molecule has 0 unspecified atom stereocenters. The van der Waals surface area contributed by atoms with Crippen LogP contribution in [0.15, 0.2) is 23.3 Å². The standard InChI is InChI=1S/C18H27BN2O3/c1-16(2,3)14-11-22-15(21-14)13-9-8-12(10-20-13)19-23-17(4,5)18(6,7)24-19/h8-10,14H,11H2,1-7H3/t14-/m1/s1. The van der Waals surface area contributed by atoms with Crippen LogP contribution in [0.3, 0.4) is 0 Å². The van der Waals surface area contributed by atoms with Crippen LogP contribution in [-0.4, -0.2) is 41.9 Å². The van der Waals surface area contributed by atoms with Crippen molar-refractivity contribution < 1.29 is 14.0 Å². The predicted molar refractivity (Wildman–Crippen MR) is 95.7 cm³/mol. The van der Waals surface area contributed by atoms with Crippen molar-refractivity contribution in [2.75, 3.05) is 6.61 Å². The number of hydrogen-bond donors (Lipinski definition) is 0. The first kappa shape index (κ1) is 17.4. The van der Waals surface area contributed by atoms with Crippen LogP contribution < -0.4 is 5.46 Å². The SMILES string of the molecule is CC(C)(C)[C@H]1COC(c2ccc(B3OC(C)(C)C(C)(C)O3)cn2)=N1. The minimum Gasteiger partial charge on any atom is -0.474 e. The van der Waals surface area contributed by atoms with Crippen molar-refractivity contribution in [3.8, 4) is 0 Å². The molecular formula is C18H27BN2O3. The molecule has 1 atom stereocenters. The van der Waals surface area contributed by atoms with Gasteiger partial charge in [0.25, 0.3) is 0 Å². The van der Waals surface area contributed by atoms with Crippen molar-refractivity contribution in [1.29, 1.82) is 0 Å². The summed E-state index contributed by atoms with van der Waals surface area (Å²) >= 11 is 0. The molecule has 5 nitrogen and oxygen atoms in total. The van der Waals surface area contributed by atoms with Crippen LogP contribution in [0.5, 0.6) is 0 Å². The molecule has 2 aliphatic heterocycles. The van der Waals surface area contributed by atoms with E-state index in [1.54, 1.807) is 6.20 Å². The highest BCUT2D eigenvalue weighted by Gasteiger charge is 2.51. The molecule has 130 valence electrons. The Hall–Kier alpha value is -1.40. The van der Waals surface area contributed by atoms with E-state index in [0.717, 1.165) is 11.2 Å². The van der Waals surface area contributed by atoms with Gasteiger partial charge < -0.3 is 14.0 Å². The molecule has 2 aliphatic rings. The lowest BCUT2D eigenvalue weighted by Crippen LogP contribution is -2.41. The average Bonchev–Trinajstić information content (AvgIpc) is 3.02. The summed E-state index contributed by atoms with van der Waals surface area (Å²) in [6.07, 6.45) is 1.79. The zero-order chi connectivity index (χ0) is 17.8. The van der Waals surface area contributed by atoms with E-state index in [4.69, 9.17) is 14.0 Å². The van der Waals surface area contributed by atoms with Crippen LogP contribution >= 0.6 is 0 Å². The van der Waals surface area contributed by atoms with Crippen molar-refractivity contribution in [3.63, 3.8) is 0 Å². The van der Waals surface area contributed by atoms with Gasteiger partial charge in [-0.3, -0.25) is 4.98 Å². The van der Waals surface area contributed by atoms with E-state index in [1.165, 1.54) is 0 Å². The zero-order valence-electron chi connectivity index (χ0n) is 15.7. The van der Waals surface area contributed by atoms with E-state index in [-0.39, 0.29) is 22.7 Å². The fourth-order valence-corrected chi connectivity index (χ4v) is 2.61. The molecule has 1 saturated heterocycles. The van der Waals surface area contributed by atoms with Crippen LogP contribution in [0.2, 0.25) is 0 Å². The van der Waals surface area contributed by atoms with Gasteiger partial charge in [0.05, 0.1) is 17.2 Å². The highest BCUT2D eigenvalue weighted by atomic mass is 16.7. The number of pyridine rings is 1. The molecule has 0 saturated carbocycles. The zero-order valence-corrected chi connectivity index (χ0v) is 15.7. The Balaban J connectivity index is 1.76. The fourth-order valence-electron chi connectivity index (χ4n) is 2.61. The minimum absolute atomic E-state index is 0.0877. The van der Waals surface area contributed by atoms with Gasteiger partial charge in [-0.15, -0.1) is 0 Å². The summed E-state index contributed by atoms with van der Waals surface area (Å²) in [6.45, 7) is 15.3. The Morgan fingerprint density at radius 2 is 1.71 bits per heavy atom. The summed E-state index contributed by atoms with van der Waals surface area (Å²) in [5.74, 6) is 0.621. The van der Waals surface area contributed by atoms with Gasteiger partial charge in [-0.25, -0.2) is 4.99 Å². The smallest absolute Gasteiger partial charge is 0.474 e. The molecule has 0 spiro atoms. The van der Waals surface area contributed by atoms with E-state index in [2.05, 4.69) is 30.7 Å². The minimum atomic E-state index is -0.398. The first-order valence-corrected chi connectivity index (χ1v) is 8.52. The molecular weight excluding hydrogens is 303 g/mol. The molecule has 0 N–H and O–H groups in total. The fraction of sp³-hybridized carbons (Fsp3) is 0.667. The summed E-state index contributed by atoms with van der Waals surface area (Å²) in [5, 5.41) is 0. The number of hydrogen-bond acceptors (Lipinski definition) is 5. The Morgan fingerprint density at radius 3 is 2.17 bits per heavy atom. The molecule has 3 rings (SSSR count). The van der Waals surface area contributed by atoms with Crippen molar-refractivity contribution in [2.24, 2.45) is 10.4 Å². The molecule has 0 aliphatic carbocycles. The predicted octanol–water partition coefficient (Wildman–Crippen LogP) is 2.57. The molecule has 1 aromatic heterocycles. The van der Waals surface area contributed by atoms with E-state index in [0.29, 0.717) is 12.5 Å². The summed E-state index contributed by atoms with van der Waals surface area (Å²) in [7, 11) is -0.398. The second-order valence-electron chi connectivity index (χ2n) is 8.69. The Kier molecular flexibility index (Phi) is 4.04. The van der Waals surface area contributed by atoms with Crippen LogP contribution in [-0.2, 0) is 14.0 Å². The van der Waals surface area contributed by atoms with Gasteiger partial charge in [-0.2, -0.15) is 0 Å². The summed E-state index contributed by atoms with van der Waals surface area (Å²) in [4.78, 5) is 9.17. The molecule has 24 heavy (non-hydrogen) atoms. The Labute approximate surface area is 145 Å². The van der Waals surface area contributed by atoms with Gasteiger partial charge >= 0.3 is 7.12 Å². The van der Waals surface area contributed by atoms with Crippen molar-refractivity contribution in [1.82, 2.24) is 4.98 Å². The third-order valence-electron chi connectivity index (χ3n) is 5.18. The second kappa shape index (κ2) is 5.56. The Bertz CT molecular complexity index is 631. The molecule has 0 aromatic carbocycles. The molecule has 0 amide bonds. The van der Waals surface area contributed by atoms with Crippen molar-refractivity contribution in [2.45, 2.75) is 65.7 Å². The highest BCUT2D eigenvalue weighted by molar-refractivity contribution is 6.62. The topological polar surface area (TPSA) is 52.9 Å². The largest absolute Gasteiger partial charge is 0.496 e. The first-order valence-electron chi connectivity index (χ1n) is 8.52. The second-order valence-corrected chi connectivity index (χ2v) is 8.69. The van der Waals surface area contributed by atoms with Gasteiger partial charge in [-0.05, 0) is 39.2 Å². The van der Waals surface area contributed by atoms with E-state index in [1.807, 2.05) is 39.8 Å². The van der Waals surface area contributed by atoms with Gasteiger partial charge in [-0.1, -0.05) is 26.8 Å². The molecule has 1 fully saturated rings. The van der Waals surface area contributed by atoms with Gasteiger partial charge in [0.15, 0.2) is 0 Å². The maximum Gasteiger partial charge on any atom is 0.496 e. The maximum atomic E-state index is 6.05. The quantitative estimate of drug-likeness (QED) is 0.782. The average molecular weight is 330 g/mol. The van der Waals surface area contributed by atoms with E-state index >= 15 is 0 Å². The third-order valence-corrected chi connectivity index (χ3v) is 5.18. The van der Waals surface area contributed by atoms with Crippen molar-refractivity contribution >= 4 is 18.5 Å². The molecule has 6 heteroatoms. The van der Waals surface area contributed by atoms with Gasteiger partial charge in [0, 0.05) is 11.7 Å². The van der Waals surface area contributed by atoms with Crippen LogP contribution in [0.4, 0.5) is 0 Å². The van der Waals surface area contributed by atoms with Crippen LogP contribution in [0, 0.1) is 5.41 Å². The lowest BCUT2D eigenvalue weighted by Gasteiger charge is -2.32. The van der Waals surface area contributed by atoms with E-state index < -0.39 is 7.12 Å². The molecule has 0 bridgehead atoms. The number of aliphatic imine (C=N–C) groups is 1. The van der Waals surface area contributed by atoms with Crippen LogP contribution in [0.1, 0.15) is 54.2 Å². The number of rotatable bonds is 2. The lowest BCUT2D eigenvalue weighted by atomic mass is 9.80. The number of nitrogens with zero attached hydrogens (tertiary/aromatic N) is 2. The van der Waals surface area contributed by atoms with Gasteiger partial charge in [0.2, 0.25) is 5.90 Å². The number of ether oxygens (including phenoxy) is 1. The molecule has 0 radical (unpaired) electrons. The highest BCUT2D eigenvalue weighted by Crippen LogP contribution is 2.36. The summed E-state index contributed by atoms with van der Waals surface area (Å²) in [6, 6.07) is 4.06. The monoisotopic (exact) mass is 330 g/mol. The molecule has 3 heterocycles. The van der Waals surface area contributed by atoms with Crippen molar-refractivity contribution in [3.05, 3.63) is 24.0 Å². The maximum absolute atomic E-state index is 6.05. The number of aromatic nitrogens is 1. The Morgan fingerprint density at radius 1 is 1.08 bits per heavy atom. The van der Waals surface area contributed by atoms with Gasteiger partial charge in [0.1, 0.15) is 12.3 Å². The summed E-state index contributed by atoms with van der Waals surface area (Å²) in [5.41, 5.74) is 1.04. The third kappa shape index (κ3) is 3.09. The summed E-state index contributed by atoms with van der Waals surface area (Å²) < 4.78 is 17.8. The molecule has 1 aromatic rings. The lowest BCUT2D eigenvalue weighted by molar-refractivity contribution is 0.00578. The van der Waals surface area contributed by atoms with Crippen LogP contribution in [0.25, 0.3) is 0 Å². The normalized spacial score (nSPS) is 25.5. The van der Waals surface area contributed by atoms with E-state index in [9.17, 15) is 0 Å².